The molecule has 1 radical (unpaired) electrons. The smallest absolute Gasteiger partial charge is 0.214 e. The summed E-state index contributed by atoms with van der Waals surface area (Å²) >= 11 is 0. The average molecular weight is 82.1 g/mol. The Labute approximate surface area is 35.9 Å². The van der Waals surface area contributed by atoms with E-state index < -0.39 is 0 Å². The molecule has 0 aromatic rings. The summed E-state index contributed by atoms with van der Waals surface area (Å²) in [4.78, 5) is 0. The van der Waals surface area contributed by atoms with Crippen LogP contribution in [0.5, 0.6) is 0 Å². The number of ether oxygens (including phenoxy) is 1. The van der Waals surface area contributed by atoms with Crippen molar-refractivity contribution in [2.24, 2.45) is 0 Å². The van der Waals surface area contributed by atoms with Crippen molar-refractivity contribution in [3.05, 3.63) is 12.2 Å². The van der Waals surface area contributed by atoms with Gasteiger partial charge in [-0.15, -0.1) is 0 Å². The molecule has 0 fully saturated rings. The van der Waals surface area contributed by atoms with Crippen molar-refractivity contribution in [2.75, 3.05) is 6.61 Å². The summed E-state index contributed by atoms with van der Waals surface area (Å²) in [6, 6.07) is 0. The molecule has 1 N–H and O–H groups in total. The minimum Gasteiger partial charge on any atom is -0.473 e. The first-order valence-electron chi connectivity index (χ1n) is 1.69. The minimum absolute atomic E-state index is 0.148. The Morgan fingerprint density at radius 3 is 3.00 bits per heavy atom. The summed E-state index contributed by atoms with van der Waals surface area (Å²) in [5.74, 6) is 0.148. The second-order valence-electron chi connectivity index (χ2n) is 0.989. The van der Waals surface area contributed by atoms with Gasteiger partial charge in [0.15, 0.2) is 0 Å². The maximum Gasteiger partial charge on any atom is 0.214 e. The molecule has 1 rings (SSSR count). The molecule has 2 heteroatoms. The second kappa shape index (κ2) is 1.12. The molecule has 2 nitrogen and oxygen atoms in total. The highest BCUT2D eigenvalue weighted by Gasteiger charge is 1.94. The molecule has 0 amide bonds. The molecule has 1 aliphatic rings. The van der Waals surface area contributed by atoms with Crippen LogP contribution in [-0.4, -0.2) is 12.5 Å². The second-order valence-corrected chi connectivity index (χ2v) is 0.989. The third-order valence-electron chi connectivity index (χ3n) is 0.544. The van der Waals surface area contributed by atoms with Crippen molar-refractivity contribution >= 4 is 5.90 Å². The summed E-state index contributed by atoms with van der Waals surface area (Å²) in [5.41, 5.74) is 0. The average Bonchev–Trinajstić information content (AvgIpc) is 1.86. The Morgan fingerprint density at radius 2 is 2.83 bits per heavy atom. The zero-order chi connectivity index (χ0) is 4.41. The van der Waals surface area contributed by atoms with E-state index in [1.807, 2.05) is 0 Å². The number of hydrogen-bond acceptors (Lipinski definition) is 2. The van der Waals surface area contributed by atoms with Crippen molar-refractivity contribution in [1.29, 1.82) is 5.41 Å². The van der Waals surface area contributed by atoms with Crippen LogP contribution in [-0.2, 0) is 4.74 Å². The Hall–Kier alpha value is -0.790. The molecule has 0 aromatic carbocycles. The van der Waals surface area contributed by atoms with Gasteiger partial charge in [-0.25, -0.2) is 0 Å². The van der Waals surface area contributed by atoms with E-state index in [2.05, 4.69) is 10.8 Å². The Morgan fingerprint density at radius 1 is 2.00 bits per heavy atom. The third-order valence-corrected chi connectivity index (χ3v) is 0.544. The van der Waals surface area contributed by atoms with Gasteiger partial charge < -0.3 is 4.74 Å². The number of rotatable bonds is 0. The zero-order valence-electron chi connectivity index (χ0n) is 3.19. The fourth-order valence-electron chi connectivity index (χ4n) is 0.301. The molecule has 1 heterocycles. The molecule has 0 unspecified atom stereocenters. The molecule has 1 aliphatic heterocycles. The van der Waals surface area contributed by atoms with E-state index in [1.165, 1.54) is 0 Å². The standard InChI is InChI=1S/C4H4NO/c5-4-2-1-3-6-4/h1,5H,3H2. The van der Waals surface area contributed by atoms with Gasteiger partial charge >= 0.3 is 0 Å². The van der Waals surface area contributed by atoms with Crippen molar-refractivity contribution in [3.8, 4) is 0 Å². The van der Waals surface area contributed by atoms with Gasteiger partial charge in [-0.05, 0) is 6.08 Å². The van der Waals surface area contributed by atoms with Crippen LogP contribution in [0.15, 0.2) is 6.08 Å². The first-order chi connectivity index (χ1) is 2.89. The summed E-state index contributed by atoms with van der Waals surface area (Å²) in [6.07, 6.45) is 4.24. The lowest BCUT2D eigenvalue weighted by molar-refractivity contribution is 0.363. The molecule has 6 heavy (non-hydrogen) atoms. The first kappa shape index (κ1) is 3.40. The van der Waals surface area contributed by atoms with Gasteiger partial charge in [0, 0.05) is 6.08 Å². The molecule has 0 saturated heterocycles. The highest BCUT2D eigenvalue weighted by Crippen LogP contribution is 1.88. The van der Waals surface area contributed by atoms with Crippen LogP contribution in [0.4, 0.5) is 0 Å². The monoisotopic (exact) mass is 82.0 g/mol. The van der Waals surface area contributed by atoms with Gasteiger partial charge in [-0.3, -0.25) is 5.41 Å². The molecule has 0 atom stereocenters. The van der Waals surface area contributed by atoms with Crippen LogP contribution in [0, 0.1) is 11.5 Å². The van der Waals surface area contributed by atoms with Gasteiger partial charge in [0.2, 0.25) is 5.90 Å². The number of nitrogens with one attached hydrogen (secondary N) is 1. The fraction of sp³-hybridized carbons (Fsp3) is 0.250. The summed E-state index contributed by atoms with van der Waals surface area (Å²) in [7, 11) is 0. The molecule has 0 aliphatic carbocycles. The van der Waals surface area contributed by atoms with Crippen LogP contribution in [0.1, 0.15) is 0 Å². The van der Waals surface area contributed by atoms with E-state index in [0.29, 0.717) is 6.61 Å². The third kappa shape index (κ3) is 0.407. The van der Waals surface area contributed by atoms with Crippen LogP contribution in [0.3, 0.4) is 0 Å². The Kier molecular flexibility index (Phi) is 0.638. The van der Waals surface area contributed by atoms with E-state index in [4.69, 9.17) is 5.41 Å². The van der Waals surface area contributed by atoms with Gasteiger partial charge in [0.25, 0.3) is 0 Å². The predicted octanol–water partition coefficient (Wildman–Crippen LogP) is 0.353. The topological polar surface area (TPSA) is 33.1 Å². The fourth-order valence-corrected chi connectivity index (χ4v) is 0.301. The van der Waals surface area contributed by atoms with Crippen molar-refractivity contribution < 1.29 is 4.74 Å². The maximum atomic E-state index is 6.68. The predicted molar refractivity (Wildman–Crippen MR) is 21.5 cm³/mol. The van der Waals surface area contributed by atoms with E-state index in [-0.39, 0.29) is 5.90 Å². The van der Waals surface area contributed by atoms with E-state index in [9.17, 15) is 0 Å². The quantitative estimate of drug-likeness (QED) is 0.449. The zero-order valence-corrected chi connectivity index (χ0v) is 3.19. The molecule has 31 valence electrons. The van der Waals surface area contributed by atoms with E-state index in [0.717, 1.165) is 0 Å². The summed E-state index contributed by atoms with van der Waals surface area (Å²) in [5, 5.41) is 6.68. The van der Waals surface area contributed by atoms with Gasteiger partial charge in [0.05, 0.1) is 0 Å². The molecule has 0 bridgehead atoms. The Bertz CT molecular complexity index is 95.7. The maximum absolute atomic E-state index is 6.68. The van der Waals surface area contributed by atoms with Crippen LogP contribution >= 0.6 is 0 Å². The van der Waals surface area contributed by atoms with Crippen LogP contribution in [0.25, 0.3) is 0 Å². The largest absolute Gasteiger partial charge is 0.473 e. The Balaban J connectivity index is 2.59. The van der Waals surface area contributed by atoms with Gasteiger partial charge in [-0.2, -0.15) is 0 Å². The molecule has 0 saturated carbocycles. The normalized spacial score (nSPS) is 18.3. The highest BCUT2D eigenvalue weighted by molar-refractivity contribution is 5.82. The SMILES string of the molecule is N=C1[C]=CCO1. The van der Waals surface area contributed by atoms with Gasteiger partial charge in [-0.1, -0.05) is 0 Å². The van der Waals surface area contributed by atoms with E-state index in [1.54, 1.807) is 6.08 Å². The molecule has 0 spiro atoms. The lowest BCUT2D eigenvalue weighted by atomic mass is 10.6. The molecular weight excluding hydrogens is 78.0 g/mol. The first-order valence-corrected chi connectivity index (χ1v) is 1.69. The van der Waals surface area contributed by atoms with Crippen molar-refractivity contribution in [1.82, 2.24) is 0 Å². The van der Waals surface area contributed by atoms with Crippen molar-refractivity contribution in [3.63, 3.8) is 0 Å². The highest BCUT2D eigenvalue weighted by atomic mass is 16.5. The number of hydrogen-bond donors (Lipinski definition) is 1. The van der Waals surface area contributed by atoms with Crippen LogP contribution < -0.4 is 0 Å². The lowest BCUT2D eigenvalue weighted by Crippen LogP contribution is -1.88. The molecule has 0 aromatic heterocycles. The van der Waals surface area contributed by atoms with E-state index >= 15 is 0 Å². The van der Waals surface area contributed by atoms with Crippen molar-refractivity contribution in [2.45, 2.75) is 0 Å². The molecular formula is C4H4NO. The lowest BCUT2D eigenvalue weighted by Gasteiger charge is -1.85. The summed E-state index contributed by atoms with van der Waals surface area (Å²) in [6.45, 7) is 0.527. The van der Waals surface area contributed by atoms with Crippen LogP contribution in [0.2, 0.25) is 0 Å². The van der Waals surface area contributed by atoms with Gasteiger partial charge in [0.1, 0.15) is 6.61 Å². The minimum atomic E-state index is 0.148. The summed E-state index contributed by atoms with van der Waals surface area (Å²) < 4.78 is 4.57.